The number of allylic oxidation sites excluding steroid dienone is 25. The number of aliphatic hydroxyl groups is 11. The van der Waals surface area contributed by atoms with Gasteiger partial charge in [-0.05, 0) is 109 Å². The average Bonchev–Trinajstić information content (AvgIpc) is 0.783. The summed E-state index contributed by atoms with van der Waals surface area (Å²) >= 11 is 0. The first-order chi connectivity index (χ1) is 48.8. The zero-order chi connectivity index (χ0) is 72.5. The molecule has 19 nitrogen and oxygen atoms in total. The van der Waals surface area contributed by atoms with E-state index < -0.39 is 124 Å². The van der Waals surface area contributed by atoms with E-state index in [0.29, 0.717) is 6.42 Å². The number of hydrogen-bond donors (Lipinski definition) is 12. The van der Waals surface area contributed by atoms with Crippen molar-refractivity contribution in [1.82, 2.24) is 5.32 Å². The summed E-state index contributed by atoms with van der Waals surface area (Å²) in [5.41, 5.74) is 0. The molecule has 3 aliphatic heterocycles. The van der Waals surface area contributed by atoms with Crippen molar-refractivity contribution >= 4 is 5.91 Å². The SMILES string of the molecule is CC/C=C\C/C=C\C/C=C\C/C=C\C/C=C\C/C=C\C/C=C\C/C=C\C/C=C\C/C=C\C/C=C\C/C=C\CCCCCCC(=O)NC(COC1OC(CO)C(OC2OC(CO)C(OC3OC(CO)C(O)C(O)C3O)C(O)C2O)C(O)C1O)C(O)/C=C/CCCCCCCCCCCCCC. The highest BCUT2D eigenvalue weighted by atomic mass is 16.8. The van der Waals surface area contributed by atoms with Crippen LogP contribution in [0.1, 0.15) is 213 Å². The second kappa shape index (κ2) is 59.8. The fraction of sp³-hybridized carbons (Fsp3) is 0.667. The van der Waals surface area contributed by atoms with Gasteiger partial charge in [-0.2, -0.15) is 0 Å². The maximum Gasteiger partial charge on any atom is 0.220 e. The van der Waals surface area contributed by atoms with Crippen LogP contribution in [0.2, 0.25) is 0 Å². The molecule has 3 fully saturated rings. The normalized spacial score (nSPS) is 27.4. The third kappa shape index (κ3) is 39.9. The van der Waals surface area contributed by atoms with E-state index in [1.54, 1.807) is 6.08 Å². The van der Waals surface area contributed by atoms with Crippen molar-refractivity contribution < 1.29 is 89.4 Å². The van der Waals surface area contributed by atoms with Crippen LogP contribution in [0.4, 0.5) is 0 Å². The van der Waals surface area contributed by atoms with Gasteiger partial charge < -0.3 is 89.9 Å². The van der Waals surface area contributed by atoms with Crippen molar-refractivity contribution in [2.45, 2.75) is 317 Å². The van der Waals surface area contributed by atoms with E-state index in [4.69, 9.17) is 28.4 Å². The second-order valence-electron chi connectivity index (χ2n) is 26.0. The van der Waals surface area contributed by atoms with Crippen molar-refractivity contribution in [1.29, 1.82) is 0 Å². The summed E-state index contributed by atoms with van der Waals surface area (Å²) in [6, 6.07) is -0.998. The molecule has 3 saturated heterocycles. The minimum atomic E-state index is -1.99. The molecule has 3 heterocycles. The lowest BCUT2D eigenvalue weighted by Crippen LogP contribution is -2.66. The summed E-state index contributed by atoms with van der Waals surface area (Å²) in [7, 11) is 0. The van der Waals surface area contributed by atoms with Gasteiger partial charge in [-0.3, -0.25) is 4.79 Å². The Kier molecular flexibility index (Phi) is 53.6. The number of carbonyl (C=O) groups excluding carboxylic acids is 1. The maximum atomic E-state index is 13.4. The molecule has 3 aliphatic rings. The first kappa shape index (κ1) is 89.6. The Labute approximate surface area is 599 Å². The minimum Gasteiger partial charge on any atom is -0.394 e. The van der Waals surface area contributed by atoms with Crippen LogP contribution in [0.3, 0.4) is 0 Å². The van der Waals surface area contributed by atoms with Gasteiger partial charge in [-0.25, -0.2) is 0 Å². The second-order valence-corrected chi connectivity index (χ2v) is 26.0. The molecule has 0 aliphatic carbocycles. The average molecular weight is 1410 g/mol. The van der Waals surface area contributed by atoms with Gasteiger partial charge in [0.25, 0.3) is 0 Å². The molecule has 17 atom stereocenters. The van der Waals surface area contributed by atoms with Crippen LogP contribution in [0, 0.1) is 0 Å². The van der Waals surface area contributed by atoms with Crippen LogP contribution in [0.15, 0.2) is 158 Å². The monoisotopic (exact) mass is 1410 g/mol. The van der Waals surface area contributed by atoms with Gasteiger partial charge >= 0.3 is 0 Å². The van der Waals surface area contributed by atoms with Crippen molar-refractivity contribution in [3.05, 3.63) is 158 Å². The topological polar surface area (TPSA) is 307 Å². The highest BCUT2D eigenvalue weighted by molar-refractivity contribution is 5.76. The smallest absolute Gasteiger partial charge is 0.220 e. The number of aliphatic hydroxyl groups excluding tert-OH is 11. The molecule has 0 aromatic rings. The standard InChI is InChI=1S/C81H131NO18/c1-3-5-7-9-11-13-15-17-19-20-21-22-23-24-25-26-27-28-29-30-31-32-33-34-35-36-37-38-39-40-41-42-43-44-45-47-49-51-53-55-57-59-69(87)82-64(65(86)58-56-54-52-50-48-46-18-16-14-12-10-8-6-4-2)63-95-79-75(93)72(90)77(67(61-84)97-79)100-81-76(94)73(91)78(68(62-85)98-81)99-80-74(92)71(89)70(88)66(60-83)96-80/h5,7,11,13,17,19,21-22,24-25,27-28,30-31,33-34,36-37,39-40,42-43,45,47,56,58,64-68,70-81,83-86,88-94H,3-4,6,8-10,12,14-16,18,20,23,26,29,32,35,38,41,44,46,48-55,57,59-63H2,1-2H3,(H,82,87)/b7-5-,13-11-,19-17-,22-21-,25-24-,28-27-,31-30-,34-33-,37-36-,40-39-,43-42-,47-45-,58-56+. The van der Waals surface area contributed by atoms with Crippen LogP contribution in [0.5, 0.6) is 0 Å². The van der Waals surface area contributed by atoms with Crippen molar-refractivity contribution in [2.75, 3.05) is 26.4 Å². The lowest BCUT2D eigenvalue weighted by atomic mass is 9.96. The molecular weight excluding hydrogens is 1270 g/mol. The van der Waals surface area contributed by atoms with Crippen LogP contribution < -0.4 is 5.32 Å². The molecule has 1 amide bonds. The zero-order valence-corrected chi connectivity index (χ0v) is 60.4. The molecule has 3 rings (SSSR count). The zero-order valence-electron chi connectivity index (χ0n) is 60.4. The molecule has 100 heavy (non-hydrogen) atoms. The van der Waals surface area contributed by atoms with Gasteiger partial charge in [0.05, 0.1) is 38.6 Å². The summed E-state index contributed by atoms with van der Waals surface area (Å²) in [5, 5.41) is 121. The Bertz CT molecular complexity index is 2430. The first-order valence-corrected chi connectivity index (χ1v) is 37.7. The van der Waals surface area contributed by atoms with Gasteiger partial charge in [0, 0.05) is 6.42 Å². The molecule has 0 aromatic carbocycles. The molecule has 0 aromatic heterocycles. The molecule has 0 saturated carbocycles. The Morgan fingerprint density at radius 1 is 0.370 bits per heavy atom. The van der Waals surface area contributed by atoms with Crippen LogP contribution in [-0.2, 0) is 33.2 Å². The van der Waals surface area contributed by atoms with E-state index in [1.165, 1.54) is 57.8 Å². The Morgan fingerprint density at radius 3 is 1.08 bits per heavy atom. The minimum absolute atomic E-state index is 0.203. The Morgan fingerprint density at radius 2 is 0.690 bits per heavy atom. The summed E-state index contributed by atoms with van der Waals surface area (Å²) < 4.78 is 34.3. The van der Waals surface area contributed by atoms with Gasteiger partial charge in [-0.15, -0.1) is 0 Å². The third-order valence-corrected chi connectivity index (χ3v) is 17.6. The van der Waals surface area contributed by atoms with Gasteiger partial charge in [0.2, 0.25) is 5.91 Å². The predicted octanol–water partition coefficient (Wildman–Crippen LogP) is 11.7. The Hall–Kier alpha value is -4.59. The van der Waals surface area contributed by atoms with E-state index in [2.05, 4.69) is 165 Å². The van der Waals surface area contributed by atoms with E-state index >= 15 is 0 Å². The summed E-state index contributed by atoms with van der Waals surface area (Å²) in [5.74, 6) is -0.307. The number of carbonyl (C=O) groups is 1. The van der Waals surface area contributed by atoms with E-state index in [-0.39, 0.29) is 18.9 Å². The van der Waals surface area contributed by atoms with E-state index in [9.17, 15) is 61.0 Å². The van der Waals surface area contributed by atoms with Crippen LogP contribution in [-0.4, -0.2) is 193 Å². The number of hydrogen-bond acceptors (Lipinski definition) is 18. The molecule has 19 heteroatoms. The molecule has 0 bridgehead atoms. The Balaban J connectivity index is 1.36. The van der Waals surface area contributed by atoms with Gasteiger partial charge in [0.15, 0.2) is 18.9 Å². The molecule has 0 radical (unpaired) electrons. The highest BCUT2D eigenvalue weighted by Crippen LogP contribution is 2.33. The lowest BCUT2D eigenvalue weighted by Gasteiger charge is -2.48. The number of amides is 1. The largest absolute Gasteiger partial charge is 0.394 e. The fourth-order valence-electron chi connectivity index (χ4n) is 11.5. The number of nitrogens with one attached hydrogen (secondary N) is 1. The lowest BCUT2D eigenvalue weighted by molar-refractivity contribution is -0.379. The van der Waals surface area contributed by atoms with E-state index in [1.807, 2.05) is 6.08 Å². The quantitative estimate of drug-likeness (QED) is 0.0199. The number of unbranched alkanes of at least 4 members (excludes halogenated alkanes) is 16. The highest BCUT2D eigenvalue weighted by Gasteiger charge is 2.53. The summed E-state index contributed by atoms with van der Waals surface area (Å²) in [4.78, 5) is 13.4. The maximum absolute atomic E-state index is 13.4. The predicted molar refractivity (Wildman–Crippen MR) is 396 cm³/mol. The van der Waals surface area contributed by atoms with Crippen molar-refractivity contribution in [3.63, 3.8) is 0 Å². The number of rotatable bonds is 56. The molecule has 0 spiro atoms. The van der Waals surface area contributed by atoms with Crippen molar-refractivity contribution in [3.8, 4) is 0 Å². The van der Waals surface area contributed by atoms with Crippen LogP contribution in [0.25, 0.3) is 0 Å². The van der Waals surface area contributed by atoms with Crippen LogP contribution >= 0.6 is 0 Å². The van der Waals surface area contributed by atoms with Gasteiger partial charge in [-0.1, -0.05) is 255 Å². The fourth-order valence-corrected chi connectivity index (χ4v) is 11.5. The molecule has 12 N–H and O–H groups in total. The number of ether oxygens (including phenoxy) is 6. The van der Waals surface area contributed by atoms with Gasteiger partial charge in [0.1, 0.15) is 73.2 Å². The van der Waals surface area contributed by atoms with E-state index in [0.717, 1.165) is 128 Å². The molecular formula is C81H131NO18. The summed E-state index contributed by atoms with van der Waals surface area (Å²) in [6.07, 6.45) is 60.8. The summed E-state index contributed by atoms with van der Waals surface area (Å²) in [6.45, 7) is 1.57. The first-order valence-electron chi connectivity index (χ1n) is 37.7. The van der Waals surface area contributed by atoms with Crippen molar-refractivity contribution in [2.24, 2.45) is 0 Å². The molecule has 17 unspecified atom stereocenters. The third-order valence-electron chi connectivity index (χ3n) is 17.6. The molecule has 568 valence electrons.